The van der Waals surface area contributed by atoms with Crippen molar-refractivity contribution in [2.45, 2.75) is 39.7 Å². The van der Waals surface area contributed by atoms with Crippen LogP contribution in [0.15, 0.2) is 12.4 Å². The molecule has 1 aliphatic heterocycles. The van der Waals surface area contributed by atoms with E-state index in [0.29, 0.717) is 0 Å². The lowest BCUT2D eigenvalue weighted by Gasteiger charge is -2.15. The number of aromatic nitrogens is 2. The lowest BCUT2D eigenvalue weighted by Crippen LogP contribution is -2.21. The molecule has 0 aromatic carbocycles. The molecule has 1 aromatic heterocycles. The van der Waals surface area contributed by atoms with E-state index in [4.69, 9.17) is 0 Å². The smallest absolute Gasteiger partial charge is 0.144 e. The molecule has 100 valence electrons. The van der Waals surface area contributed by atoms with E-state index in [2.05, 4.69) is 34.0 Å². The van der Waals surface area contributed by atoms with Crippen LogP contribution in [0.3, 0.4) is 0 Å². The van der Waals surface area contributed by atoms with Crippen LogP contribution in [0, 0.1) is 5.92 Å². The second-order valence-electron chi connectivity index (χ2n) is 5.10. The van der Waals surface area contributed by atoms with E-state index in [-0.39, 0.29) is 0 Å². The van der Waals surface area contributed by atoms with Crippen LogP contribution in [-0.2, 0) is 6.54 Å². The number of rotatable bonds is 6. The molecule has 0 bridgehead atoms. The van der Waals surface area contributed by atoms with Crippen molar-refractivity contribution in [1.29, 1.82) is 0 Å². The van der Waals surface area contributed by atoms with E-state index in [1.807, 2.05) is 12.4 Å². The second kappa shape index (κ2) is 6.69. The summed E-state index contributed by atoms with van der Waals surface area (Å²) in [5, 5.41) is 3.16. The molecule has 1 aromatic rings. The molecule has 0 radical (unpaired) electrons. The van der Waals surface area contributed by atoms with Gasteiger partial charge in [0.2, 0.25) is 0 Å². The minimum atomic E-state index is 0.867. The first-order valence-electron chi connectivity index (χ1n) is 7.09. The summed E-state index contributed by atoms with van der Waals surface area (Å²) in [5.74, 6) is 1.76. The van der Waals surface area contributed by atoms with Gasteiger partial charge in [-0.15, -0.1) is 0 Å². The summed E-state index contributed by atoms with van der Waals surface area (Å²) in [6.07, 6.45) is 7.73. The molecule has 0 spiro atoms. The highest BCUT2D eigenvalue weighted by atomic mass is 15.2. The molecule has 18 heavy (non-hydrogen) atoms. The third-order valence-corrected chi connectivity index (χ3v) is 3.52. The van der Waals surface area contributed by atoms with Gasteiger partial charge < -0.3 is 5.32 Å². The molecule has 1 saturated heterocycles. The van der Waals surface area contributed by atoms with Crippen LogP contribution in [0.4, 0.5) is 5.82 Å². The molecule has 1 aliphatic rings. The first-order valence-corrected chi connectivity index (χ1v) is 7.09. The molecule has 1 N–H and O–H groups in total. The maximum Gasteiger partial charge on any atom is 0.144 e. The Hall–Kier alpha value is -1.16. The van der Waals surface area contributed by atoms with Crippen molar-refractivity contribution in [2.24, 2.45) is 5.92 Å². The Labute approximate surface area is 110 Å². The van der Waals surface area contributed by atoms with Gasteiger partial charge in [-0.05, 0) is 32.2 Å². The average Bonchev–Trinajstić information content (AvgIpc) is 2.80. The summed E-state index contributed by atoms with van der Waals surface area (Å²) in [4.78, 5) is 11.3. The van der Waals surface area contributed by atoms with Crippen LogP contribution in [0.25, 0.3) is 0 Å². The zero-order valence-electron chi connectivity index (χ0n) is 11.5. The number of nitrogens with zero attached hydrogens (tertiary/aromatic N) is 3. The van der Waals surface area contributed by atoms with Gasteiger partial charge in [-0.1, -0.05) is 13.3 Å². The number of nitrogens with one attached hydrogen (secondary N) is 1. The minimum Gasteiger partial charge on any atom is -0.369 e. The molecule has 1 unspecified atom stereocenters. The van der Waals surface area contributed by atoms with Gasteiger partial charge in [-0.25, -0.2) is 4.98 Å². The van der Waals surface area contributed by atoms with E-state index in [0.717, 1.165) is 30.5 Å². The number of hydrogen-bond donors (Lipinski definition) is 1. The molecule has 1 fully saturated rings. The fourth-order valence-electron chi connectivity index (χ4n) is 2.64. The average molecular weight is 248 g/mol. The van der Waals surface area contributed by atoms with Crippen molar-refractivity contribution < 1.29 is 0 Å². The van der Waals surface area contributed by atoms with E-state index >= 15 is 0 Å². The maximum atomic E-state index is 4.47. The Morgan fingerprint density at radius 3 is 2.89 bits per heavy atom. The fourth-order valence-corrected chi connectivity index (χ4v) is 2.64. The number of hydrogen-bond acceptors (Lipinski definition) is 4. The monoisotopic (exact) mass is 248 g/mol. The molecule has 0 amide bonds. The highest BCUT2D eigenvalue weighted by Crippen LogP contribution is 2.21. The molecule has 4 heteroatoms. The SMILES string of the molecule is CCCC1CCN(Cc2cnc(NCC)cn2)C1. The van der Waals surface area contributed by atoms with Crippen LogP contribution in [0.5, 0.6) is 0 Å². The van der Waals surface area contributed by atoms with Gasteiger partial charge in [0.1, 0.15) is 5.82 Å². The van der Waals surface area contributed by atoms with Gasteiger partial charge in [0.15, 0.2) is 0 Å². The lowest BCUT2D eigenvalue weighted by molar-refractivity contribution is 0.309. The van der Waals surface area contributed by atoms with Crippen LogP contribution < -0.4 is 5.32 Å². The van der Waals surface area contributed by atoms with Gasteiger partial charge >= 0.3 is 0 Å². The van der Waals surface area contributed by atoms with E-state index in [1.165, 1.54) is 32.4 Å². The number of likely N-dealkylation sites (tertiary alicyclic amines) is 1. The zero-order valence-corrected chi connectivity index (χ0v) is 11.5. The van der Waals surface area contributed by atoms with E-state index < -0.39 is 0 Å². The summed E-state index contributed by atoms with van der Waals surface area (Å²) >= 11 is 0. The van der Waals surface area contributed by atoms with Crippen LogP contribution in [0.2, 0.25) is 0 Å². The Kier molecular flexibility index (Phi) is 4.93. The van der Waals surface area contributed by atoms with Crippen molar-refractivity contribution in [3.05, 3.63) is 18.1 Å². The molecular formula is C14H24N4. The van der Waals surface area contributed by atoms with Gasteiger partial charge in [0, 0.05) is 19.6 Å². The topological polar surface area (TPSA) is 41.1 Å². The van der Waals surface area contributed by atoms with Gasteiger partial charge in [-0.3, -0.25) is 9.88 Å². The zero-order chi connectivity index (χ0) is 12.8. The van der Waals surface area contributed by atoms with Crippen molar-refractivity contribution in [3.8, 4) is 0 Å². The summed E-state index contributed by atoms with van der Waals surface area (Å²) in [7, 11) is 0. The van der Waals surface area contributed by atoms with E-state index in [1.54, 1.807) is 0 Å². The third-order valence-electron chi connectivity index (χ3n) is 3.52. The largest absolute Gasteiger partial charge is 0.369 e. The third kappa shape index (κ3) is 3.67. The van der Waals surface area contributed by atoms with Crippen molar-refractivity contribution in [3.63, 3.8) is 0 Å². The Morgan fingerprint density at radius 2 is 2.22 bits per heavy atom. The van der Waals surface area contributed by atoms with Crippen molar-refractivity contribution >= 4 is 5.82 Å². The first-order chi connectivity index (χ1) is 8.81. The molecule has 2 rings (SSSR count). The lowest BCUT2D eigenvalue weighted by atomic mass is 10.0. The normalized spacial score (nSPS) is 20.2. The van der Waals surface area contributed by atoms with Gasteiger partial charge in [0.05, 0.1) is 18.1 Å². The highest BCUT2D eigenvalue weighted by Gasteiger charge is 2.21. The Bertz CT molecular complexity index is 349. The molecule has 1 atom stereocenters. The quantitative estimate of drug-likeness (QED) is 0.840. The summed E-state index contributed by atoms with van der Waals surface area (Å²) in [6.45, 7) is 8.60. The summed E-state index contributed by atoms with van der Waals surface area (Å²) in [6, 6.07) is 0. The van der Waals surface area contributed by atoms with Crippen LogP contribution >= 0.6 is 0 Å². The Morgan fingerprint density at radius 1 is 1.33 bits per heavy atom. The van der Waals surface area contributed by atoms with Crippen LogP contribution in [0.1, 0.15) is 38.8 Å². The standard InChI is InChI=1S/C14H24N4/c1-3-5-12-6-7-18(10-12)11-13-8-17-14(9-16-13)15-4-2/h8-9,12H,3-7,10-11H2,1-2H3,(H,15,17). The van der Waals surface area contributed by atoms with Crippen LogP contribution in [-0.4, -0.2) is 34.5 Å². The molecule has 0 aliphatic carbocycles. The minimum absolute atomic E-state index is 0.867. The molecule has 0 saturated carbocycles. The fraction of sp³-hybridized carbons (Fsp3) is 0.714. The summed E-state index contributed by atoms with van der Waals surface area (Å²) in [5.41, 5.74) is 1.08. The first kappa shape index (κ1) is 13.3. The predicted octanol–water partition coefficient (Wildman–Crippen LogP) is 2.53. The van der Waals surface area contributed by atoms with Gasteiger partial charge in [0.25, 0.3) is 0 Å². The number of anilines is 1. The predicted molar refractivity (Wildman–Crippen MR) is 74.5 cm³/mol. The molecule has 2 heterocycles. The van der Waals surface area contributed by atoms with Crippen molar-refractivity contribution in [2.75, 3.05) is 25.0 Å². The van der Waals surface area contributed by atoms with Gasteiger partial charge in [-0.2, -0.15) is 0 Å². The maximum absolute atomic E-state index is 4.47. The molecular weight excluding hydrogens is 224 g/mol. The Balaban J connectivity index is 1.82. The second-order valence-corrected chi connectivity index (χ2v) is 5.10. The highest BCUT2D eigenvalue weighted by molar-refractivity contribution is 5.30. The van der Waals surface area contributed by atoms with Crippen molar-refractivity contribution in [1.82, 2.24) is 14.9 Å². The summed E-state index contributed by atoms with van der Waals surface area (Å²) < 4.78 is 0. The van der Waals surface area contributed by atoms with E-state index in [9.17, 15) is 0 Å². The molecule has 4 nitrogen and oxygen atoms in total.